The van der Waals surface area contributed by atoms with Gasteiger partial charge in [0.1, 0.15) is 6.17 Å². The Bertz CT molecular complexity index is 151. The van der Waals surface area contributed by atoms with E-state index in [-0.39, 0.29) is 5.54 Å². The quantitative estimate of drug-likeness (QED) is 0.578. The Kier molecular flexibility index (Phi) is 8.91. The highest BCUT2D eigenvalue weighted by molar-refractivity contribution is 4.72. The Balaban J connectivity index is 3.27. The number of hydrogen-bond donors (Lipinski definition) is 1. The number of rotatable bonds is 9. The second-order valence-corrected chi connectivity index (χ2v) is 5.78. The molecular weight excluding hydrogens is 201 g/mol. The number of unbranched alkanes of at least 4 members (excludes halogenated alkanes) is 5. The van der Waals surface area contributed by atoms with Crippen molar-refractivity contribution in [1.29, 1.82) is 0 Å². The number of hydrogen-bond acceptors (Lipinski definition) is 1. The average molecular weight is 231 g/mol. The molecule has 0 bridgehead atoms. The molecule has 0 aliphatic carbocycles. The molecule has 2 heteroatoms. The smallest absolute Gasteiger partial charge is 0.113 e. The summed E-state index contributed by atoms with van der Waals surface area (Å²) in [6, 6.07) is 0. The summed E-state index contributed by atoms with van der Waals surface area (Å²) in [6.07, 6.45) is 7.46. The first-order valence-electron chi connectivity index (χ1n) is 6.85. The van der Waals surface area contributed by atoms with E-state index in [2.05, 4.69) is 33.0 Å². The van der Waals surface area contributed by atoms with Crippen molar-refractivity contribution in [3.8, 4) is 0 Å². The molecule has 0 aromatic heterocycles. The topological polar surface area (TPSA) is 12.0 Å². The minimum atomic E-state index is -0.676. The second kappa shape index (κ2) is 8.98. The van der Waals surface area contributed by atoms with Crippen LogP contribution in [-0.2, 0) is 0 Å². The third-order valence-electron chi connectivity index (χ3n) is 2.72. The summed E-state index contributed by atoms with van der Waals surface area (Å²) in [5, 5.41) is 3.21. The first-order valence-corrected chi connectivity index (χ1v) is 6.85. The molecule has 1 unspecified atom stereocenters. The van der Waals surface area contributed by atoms with E-state index >= 15 is 0 Å². The van der Waals surface area contributed by atoms with Gasteiger partial charge in [0.05, 0.1) is 0 Å². The van der Waals surface area contributed by atoms with Crippen molar-refractivity contribution >= 4 is 0 Å². The Morgan fingerprint density at radius 2 is 1.56 bits per heavy atom. The van der Waals surface area contributed by atoms with Crippen LogP contribution in [0.3, 0.4) is 0 Å². The third kappa shape index (κ3) is 12.0. The van der Waals surface area contributed by atoms with Gasteiger partial charge in [-0.25, -0.2) is 4.39 Å². The molecule has 0 aromatic carbocycles. The van der Waals surface area contributed by atoms with E-state index in [1.165, 1.54) is 32.1 Å². The van der Waals surface area contributed by atoms with Gasteiger partial charge < -0.3 is 5.32 Å². The van der Waals surface area contributed by atoms with Crippen LogP contribution >= 0.6 is 0 Å². The van der Waals surface area contributed by atoms with E-state index in [4.69, 9.17) is 0 Å². The summed E-state index contributed by atoms with van der Waals surface area (Å²) in [4.78, 5) is 0. The highest BCUT2D eigenvalue weighted by atomic mass is 19.1. The van der Waals surface area contributed by atoms with E-state index in [0.29, 0.717) is 6.54 Å². The fraction of sp³-hybridized carbons (Fsp3) is 1.00. The largest absolute Gasteiger partial charge is 0.309 e. The Hall–Kier alpha value is -0.110. The Morgan fingerprint density at radius 1 is 1.00 bits per heavy atom. The Morgan fingerprint density at radius 3 is 2.12 bits per heavy atom. The van der Waals surface area contributed by atoms with Gasteiger partial charge in [0, 0.05) is 12.1 Å². The number of alkyl halides is 1. The van der Waals surface area contributed by atoms with Crippen LogP contribution in [-0.4, -0.2) is 18.3 Å². The highest BCUT2D eigenvalue weighted by Crippen LogP contribution is 2.10. The molecule has 0 saturated heterocycles. The lowest BCUT2D eigenvalue weighted by atomic mass is 10.1. The molecule has 0 fully saturated rings. The van der Waals surface area contributed by atoms with Crippen LogP contribution < -0.4 is 5.32 Å². The fourth-order valence-corrected chi connectivity index (χ4v) is 1.67. The van der Waals surface area contributed by atoms with Crippen molar-refractivity contribution in [1.82, 2.24) is 5.32 Å². The average Bonchev–Trinajstić information content (AvgIpc) is 2.19. The van der Waals surface area contributed by atoms with Crippen LogP contribution in [0.5, 0.6) is 0 Å². The first-order chi connectivity index (χ1) is 7.45. The molecule has 0 saturated carbocycles. The van der Waals surface area contributed by atoms with Crippen LogP contribution in [0.4, 0.5) is 4.39 Å². The van der Waals surface area contributed by atoms with Crippen LogP contribution in [0.2, 0.25) is 0 Å². The van der Waals surface area contributed by atoms with Gasteiger partial charge >= 0.3 is 0 Å². The van der Waals surface area contributed by atoms with E-state index < -0.39 is 6.17 Å². The summed E-state index contributed by atoms with van der Waals surface area (Å²) in [5.41, 5.74) is 0.0332. The molecule has 1 atom stereocenters. The molecular formula is C14H30FN. The lowest BCUT2D eigenvalue weighted by Crippen LogP contribution is -2.39. The highest BCUT2D eigenvalue weighted by Gasteiger charge is 2.12. The second-order valence-electron chi connectivity index (χ2n) is 5.78. The fourth-order valence-electron chi connectivity index (χ4n) is 1.67. The minimum Gasteiger partial charge on any atom is -0.309 e. The minimum absolute atomic E-state index is 0.0332. The van der Waals surface area contributed by atoms with Crippen LogP contribution in [0.15, 0.2) is 0 Å². The van der Waals surface area contributed by atoms with Crippen molar-refractivity contribution in [2.75, 3.05) is 6.54 Å². The molecule has 98 valence electrons. The molecule has 1 N–H and O–H groups in total. The molecule has 0 rings (SSSR count). The summed E-state index contributed by atoms with van der Waals surface area (Å²) in [6.45, 7) is 8.94. The van der Waals surface area contributed by atoms with Crippen molar-refractivity contribution in [3.63, 3.8) is 0 Å². The molecule has 16 heavy (non-hydrogen) atoms. The van der Waals surface area contributed by atoms with Gasteiger partial charge in [-0.1, -0.05) is 45.4 Å². The zero-order chi connectivity index (χ0) is 12.4. The van der Waals surface area contributed by atoms with E-state index in [0.717, 1.165) is 12.8 Å². The molecule has 1 nitrogen and oxygen atoms in total. The predicted octanol–water partition coefficient (Wildman–Crippen LogP) is 4.46. The van der Waals surface area contributed by atoms with Gasteiger partial charge in [0.25, 0.3) is 0 Å². The molecule has 0 spiro atoms. The van der Waals surface area contributed by atoms with E-state index in [1.807, 2.05) is 0 Å². The lowest BCUT2D eigenvalue weighted by Gasteiger charge is -2.22. The molecule has 0 radical (unpaired) electrons. The molecule has 0 aliphatic rings. The van der Waals surface area contributed by atoms with Gasteiger partial charge in [-0.15, -0.1) is 0 Å². The number of halogens is 1. The first kappa shape index (κ1) is 15.9. The summed E-state index contributed by atoms with van der Waals surface area (Å²) in [7, 11) is 0. The van der Waals surface area contributed by atoms with Crippen LogP contribution in [0.1, 0.15) is 72.6 Å². The van der Waals surface area contributed by atoms with Gasteiger partial charge in [0.2, 0.25) is 0 Å². The zero-order valence-electron chi connectivity index (χ0n) is 11.6. The maximum Gasteiger partial charge on any atom is 0.113 e. The van der Waals surface area contributed by atoms with Crippen LogP contribution in [0.25, 0.3) is 0 Å². The van der Waals surface area contributed by atoms with Gasteiger partial charge in [-0.2, -0.15) is 0 Å². The Labute approximate surface area is 101 Å². The molecule has 0 aliphatic heterocycles. The lowest BCUT2D eigenvalue weighted by molar-refractivity contribution is 0.266. The molecule has 0 heterocycles. The van der Waals surface area contributed by atoms with Gasteiger partial charge in [-0.05, 0) is 27.2 Å². The van der Waals surface area contributed by atoms with Gasteiger partial charge in [-0.3, -0.25) is 0 Å². The monoisotopic (exact) mass is 231 g/mol. The van der Waals surface area contributed by atoms with Crippen LogP contribution in [0, 0.1) is 0 Å². The van der Waals surface area contributed by atoms with Crippen molar-refractivity contribution in [2.24, 2.45) is 0 Å². The van der Waals surface area contributed by atoms with Crippen molar-refractivity contribution in [3.05, 3.63) is 0 Å². The third-order valence-corrected chi connectivity index (χ3v) is 2.72. The summed E-state index contributed by atoms with van der Waals surface area (Å²) < 4.78 is 13.4. The summed E-state index contributed by atoms with van der Waals surface area (Å²) in [5.74, 6) is 0. The van der Waals surface area contributed by atoms with E-state index in [1.54, 1.807) is 0 Å². The molecule has 0 amide bonds. The maximum atomic E-state index is 13.4. The van der Waals surface area contributed by atoms with Crippen molar-refractivity contribution in [2.45, 2.75) is 84.4 Å². The summed E-state index contributed by atoms with van der Waals surface area (Å²) >= 11 is 0. The van der Waals surface area contributed by atoms with E-state index in [9.17, 15) is 4.39 Å². The maximum absolute atomic E-state index is 13.4. The molecule has 0 aromatic rings. The zero-order valence-corrected chi connectivity index (χ0v) is 11.6. The standard InChI is InChI=1S/C14H30FN/c1-5-6-7-8-9-10-11-13(15)12-16-14(2,3)4/h13,16H,5-12H2,1-4H3. The predicted molar refractivity (Wildman–Crippen MR) is 70.6 cm³/mol. The normalized spacial score (nSPS) is 14.1. The SMILES string of the molecule is CCCCCCCCC(F)CNC(C)(C)C. The number of nitrogens with one attached hydrogen (secondary N) is 1. The van der Waals surface area contributed by atoms with Gasteiger partial charge in [0.15, 0.2) is 0 Å². The van der Waals surface area contributed by atoms with Crippen molar-refractivity contribution < 1.29 is 4.39 Å².